The zero-order valence-electron chi connectivity index (χ0n) is 32.8. The molecule has 5 heterocycles. The first-order valence-electron chi connectivity index (χ1n) is 20.3. The van der Waals surface area contributed by atoms with Gasteiger partial charge in [-0.15, -0.1) is 0 Å². The number of nitrogens with one attached hydrogen (secondary N) is 2. The van der Waals surface area contributed by atoms with Crippen LogP contribution in [0.1, 0.15) is 70.6 Å². The molecule has 17 heteroatoms. The summed E-state index contributed by atoms with van der Waals surface area (Å²) in [4.78, 5) is 85.2. The van der Waals surface area contributed by atoms with Gasteiger partial charge < -0.3 is 31.3 Å². The molecule has 3 saturated heterocycles. The fourth-order valence-electron chi connectivity index (χ4n) is 7.96. The monoisotopic (exact) mass is 803 g/mol. The number of piperidine rings is 2. The highest BCUT2D eigenvalue weighted by Crippen LogP contribution is 2.35. The number of likely N-dealkylation sites (tertiary alicyclic amines) is 1. The van der Waals surface area contributed by atoms with Gasteiger partial charge in [0.1, 0.15) is 11.8 Å². The molecule has 4 aliphatic heterocycles. The lowest BCUT2D eigenvalue weighted by molar-refractivity contribution is -0.136. The van der Waals surface area contributed by atoms with Crippen LogP contribution in [0.2, 0.25) is 0 Å². The normalized spacial score (nSPS) is 20.9. The molecule has 17 nitrogen and oxygen atoms in total. The van der Waals surface area contributed by atoms with Crippen LogP contribution in [0.15, 0.2) is 60.0 Å². The molecule has 4 fully saturated rings. The molecule has 2 aromatic carbocycles. The predicted octanol–water partition coefficient (Wildman–Crippen LogP) is 1.89. The third kappa shape index (κ3) is 8.95. The molecule has 1 aliphatic carbocycles. The Bertz CT molecular complexity index is 2180. The minimum Gasteiger partial charge on any atom is -0.491 e. The number of benzene rings is 2. The molecule has 5 aliphatic rings. The van der Waals surface area contributed by atoms with Crippen molar-refractivity contribution in [2.45, 2.75) is 50.6 Å². The van der Waals surface area contributed by atoms with E-state index in [-0.39, 0.29) is 35.8 Å². The van der Waals surface area contributed by atoms with Gasteiger partial charge >= 0.3 is 0 Å². The Balaban J connectivity index is 0.810. The minimum atomic E-state index is -0.980. The number of carbonyl (C=O) groups excluding carboxylic acids is 5. The van der Waals surface area contributed by atoms with Crippen LogP contribution in [0.25, 0.3) is 5.57 Å². The first kappa shape index (κ1) is 39.6. The van der Waals surface area contributed by atoms with Gasteiger partial charge in [0.05, 0.1) is 35.0 Å². The predicted molar refractivity (Wildman–Crippen MR) is 221 cm³/mol. The third-order valence-electron chi connectivity index (χ3n) is 11.7. The van der Waals surface area contributed by atoms with Crippen LogP contribution in [0.3, 0.4) is 0 Å². The number of hydrogen-bond donors (Lipinski definition) is 4. The Labute approximate surface area is 341 Å². The molecule has 6 N–H and O–H groups in total. The number of nitrogens with zero attached hydrogens (tertiary/aromatic N) is 7. The number of piperazine rings is 1. The van der Waals surface area contributed by atoms with Crippen molar-refractivity contribution in [3.8, 4) is 5.75 Å². The Morgan fingerprint density at radius 1 is 0.898 bits per heavy atom. The average molecular weight is 804 g/mol. The van der Waals surface area contributed by atoms with E-state index >= 15 is 0 Å². The van der Waals surface area contributed by atoms with E-state index in [4.69, 9.17) is 21.2 Å². The molecule has 1 aromatic heterocycles. The molecule has 1 saturated carbocycles. The number of carbonyl (C=O) groups is 5. The SMILES string of the molecule is N/C=C(/C(=O)Nc1cc(C=NC2CCN(CCN3CCN(c4ccc5c(c4)C(=O)N(C4CCC(=O)NC4=O)C5=O)CC3)CC2)c(N)cc1OCC1CC1)c1ncccn1. The molecular formula is C42H49N11O6. The summed E-state index contributed by atoms with van der Waals surface area (Å²) in [6, 6.07) is 9.65. The van der Waals surface area contributed by atoms with E-state index in [1.165, 1.54) is 6.20 Å². The van der Waals surface area contributed by atoms with Crippen molar-refractivity contribution in [3.05, 3.63) is 77.5 Å². The number of imide groups is 2. The summed E-state index contributed by atoms with van der Waals surface area (Å²) < 4.78 is 6.09. The quantitative estimate of drug-likeness (QED) is 0.0841. The lowest BCUT2D eigenvalue weighted by atomic mass is 10.0. The highest BCUT2D eigenvalue weighted by Gasteiger charge is 2.45. The van der Waals surface area contributed by atoms with Crippen molar-refractivity contribution in [2.75, 3.05) is 74.9 Å². The summed E-state index contributed by atoms with van der Waals surface area (Å²) >= 11 is 0. The fraction of sp³-hybridized carbons (Fsp3) is 0.429. The Hall–Kier alpha value is -6.20. The Morgan fingerprint density at radius 3 is 2.31 bits per heavy atom. The highest BCUT2D eigenvalue weighted by atomic mass is 16.5. The topological polar surface area (TPSA) is 222 Å². The fourth-order valence-corrected chi connectivity index (χ4v) is 7.96. The second-order valence-corrected chi connectivity index (χ2v) is 15.7. The average Bonchev–Trinajstić information content (AvgIpc) is 4.05. The summed E-state index contributed by atoms with van der Waals surface area (Å²) in [7, 11) is 0. The van der Waals surface area contributed by atoms with Crippen molar-refractivity contribution in [1.29, 1.82) is 0 Å². The number of ether oxygens (including phenoxy) is 1. The van der Waals surface area contributed by atoms with E-state index in [1.807, 2.05) is 6.07 Å². The maximum atomic E-state index is 13.3. The number of amides is 5. The molecule has 3 aromatic rings. The first-order chi connectivity index (χ1) is 28.6. The van der Waals surface area contributed by atoms with Crippen molar-refractivity contribution in [2.24, 2.45) is 16.6 Å². The van der Waals surface area contributed by atoms with Crippen LogP contribution in [0, 0.1) is 5.92 Å². The highest BCUT2D eigenvalue weighted by molar-refractivity contribution is 6.25. The van der Waals surface area contributed by atoms with Gasteiger partial charge in [0.25, 0.3) is 17.7 Å². The van der Waals surface area contributed by atoms with Gasteiger partial charge in [-0.2, -0.15) is 0 Å². The minimum absolute atomic E-state index is 0.0862. The first-order valence-corrected chi connectivity index (χ1v) is 20.3. The third-order valence-corrected chi connectivity index (χ3v) is 11.7. The van der Waals surface area contributed by atoms with Gasteiger partial charge in [0, 0.05) is 107 Å². The molecular weight excluding hydrogens is 755 g/mol. The van der Waals surface area contributed by atoms with Gasteiger partial charge in [-0.05, 0) is 68.4 Å². The van der Waals surface area contributed by atoms with E-state index < -0.39 is 35.6 Å². The lowest BCUT2D eigenvalue weighted by Crippen LogP contribution is -2.54. The molecule has 308 valence electrons. The second kappa shape index (κ2) is 17.3. The summed E-state index contributed by atoms with van der Waals surface area (Å²) in [5, 5.41) is 5.17. The van der Waals surface area contributed by atoms with Gasteiger partial charge in [-0.25, -0.2) is 9.97 Å². The van der Waals surface area contributed by atoms with Gasteiger partial charge in [-0.1, -0.05) is 0 Å². The van der Waals surface area contributed by atoms with Crippen LogP contribution in [0.5, 0.6) is 5.75 Å². The van der Waals surface area contributed by atoms with E-state index in [0.29, 0.717) is 40.8 Å². The second-order valence-electron chi connectivity index (χ2n) is 15.7. The zero-order valence-corrected chi connectivity index (χ0v) is 32.8. The Morgan fingerprint density at radius 2 is 1.61 bits per heavy atom. The smallest absolute Gasteiger partial charge is 0.262 e. The van der Waals surface area contributed by atoms with Crippen molar-refractivity contribution >= 4 is 58.4 Å². The summed E-state index contributed by atoms with van der Waals surface area (Å²) in [6.45, 7) is 7.60. The number of rotatable bonds is 13. The van der Waals surface area contributed by atoms with Gasteiger partial charge in [0.15, 0.2) is 5.82 Å². The zero-order chi connectivity index (χ0) is 41.0. The maximum Gasteiger partial charge on any atom is 0.262 e. The van der Waals surface area contributed by atoms with Crippen molar-refractivity contribution in [3.63, 3.8) is 0 Å². The molecule has 8 rings (SSSR count). The molecule has 0 radical (unpaired) electrons. The van der Waals surface area contributed by atoms with E-state index in [2.05, 4.69) is 35.3 Å². The van der Waals surface area contributed by atoms with Crippen LogP contribution in [-0.4, -0.2) is 131 Å². The lowest BCUT2D eigenvalue weighted by Gasteiger charge is -2.38. The number of fused-ring (bicyclic) bond motifs is 1. The number of aromatic nitrogens is 2. The number of anilines is 3. The maximum absolute atomic E-state index is 13.3. The van der Waals surface area contributed by atoms with Crippen LogP contribution in [-0.2, 0) is 14.4 Å². The van der Waals surface area contributed by atoms with Gasteiger partial charge in [0.2, 0.25) is 11.8 Å². The van der Waals surface area contributed by atoms with Crippen LogP contribution >= 0.6 is 0 Å². The number of aliphatic imine (C=N–C) groups is 1. The number of hydrogen-bond acceptors (Lipinski definition) is 14. The Kier molecular flexibility index (Phi) is 11.6. The van der Waals surface area contributed by atoms with Crippen LogP contribution in [0.4, 0.5) is 17.1 Å². The van der Waals surface area contributed by atoms with Crippen molar-refractivity contribution in [1.82, 2.24) is 30.0 Å². The van der Waals surface area contributed by atoms with Gasteiger partial charge in [-0.3, -0.25) is 44.1 Å². The molecule has 1 unspecified atom stereocenters. The summed E-state index contributed by atoms with van der Waals surface area (Å²) in [6.07, 6.45) is 10.4. The summed E-state index contributed by atoms with van der Waals surface area (Å²) in [5.74, 6) is -1.26. The van der Waals surface area contributed by atoms with E-state index in [0.717, 1.165) is 88.6 Å². The molecule has 1 atom stereocenters. The van der Waals surface area contributed by atoms with Crippen LogP contribution < -0.4 is 31.7 Å². The van der Waals surface area contributed by atoms with E-state index in [1.54, 1.807) is 48.9 Å². The van der Waals surface area contributed by atoms with E-state index in [9.17, 15) is 24.0 Å². The number of nitrogens with two attached hydrogens (primary N) is 2. The molecule has 59 heavy (non-hydrogen) atoms. The molecule has 0 spiro atoms. The van der Waals surface area contributed by atoms with Crippen molar-refractivity contribution < 1.29 is 28.7 Å². The summed E-state index contributed by atoms with van der Waals surface area (Å²) in [5.41, 5.74) is 15.5. The molecule has 0 bridgehead atoms. The standard InChI is InChI=1S/C42H49N11O6/c43-23-32(38-45-10-1-11-46-38)39(55)48-34-20-27(33(44)22-36(34)59-25-26-2-3-26)24-47-28-8-12-50(13-9-28)14-15-51-16-18-52(19-17-51)29-4-5-30-31(21-29)42(58)53(41(30)57)35-6-7-37(54)49-40(35)56/h1,4-5,10-11,20-24,26,28,35H,2-3,6-9,12-19,25,43-44H2,(H,48,55)(H,49,54,56)/b32-23+,47-24?. The largest absolute Gasteiger partial charge is 0.491 e. The number of nitrogen functional groups attached to an aromatic ring is 1. The molecule has 5 amide bonds.